The third-order valence-electron chi connectivity index (χ3n) is 4.41. The van der Waals surface area contributed by atoms with Crippen LogP contribution in [0.4, 0.5) is 0 Å². The summed E-state index contributed by atoms with van der Waals surface area (Å²) in [4.78, 5) is 12.4. The average molecular weight is 390 g/mol. The van der Waals surface area contributed by atoms with Gasteiger partial charge in [-0.2, -0.15) is 0 Å². The minimum absolute atomic E-state index is 0.0607. The first-order valence-electron chi connectivity index (χ1n) is 9.02. The van der Waals surface area contributed by atoms with Crippen LogP contribution in [-0.2, 0) is 4.79 Å². The van der Waals surface area contributed by atoms with Gasteiger partial charge in [-0.15, -0.1) is 0 Å². The van der Waals surface area contributed by atoms with Gasteiger partial charge in [0.2, 0.25) is 0 Å². The molecule has 1 atom stereocenters. The number of benzene rings is 2. The van der Waals surface area contributed by atoms with Gasteiger partial charge in [0.1, 0.15) is 19.0 Å². The molecule has 2 aromatic rings. The number of rotatable bonds is 6. The Kier molecular flexibility index (Phi) is 6.11. The maximum absolute atomic E-state index is 12.4. The van der Waals surface area contributed by atoms with E-state index in [4.69, 9.17) is 25.8 Å². The first-order valence-corrected chi connectivity index (χ1v) is 9.39. The predicted molar refractivity (Wildman–Crippen MR) is 105 cm³/mol. The fourth-order valence-electron chi connectivity index (χ4n) is 2.96. The maximum Gasteiger partial charge on any atom is 0.258 e. The molecule has 0 unspecified atom stereocenters. The molecule has 6 heteroatoms. The van der Waals surface area contributed by atoms with Gasteiger partial charge in [-0.05, 0) is 54.3 Å². The molecule has 0 saturated heterocycles. The van der Waals surface area contributed by atoms with Crippen molar-refractivity contribution in [1.82, 2.24) is 5.32 Å². The van der Waals surface area contributed by atoms with Crippen molar-refractivity contribution in [3.63, 3.8) is 0 Å². The highest BCUT2D eigenvalue weighted by Gasteiger charge is 2.21. The number of halogens is 1. The van der Waals surface area contributed by atoms with Crippen LogP contribution in [0.15, 0.2) is 36.4 Å². The van der Waals surface area contributed by atoms with E-state index in [9.17, 15) is 4.79 Å². The van der Waals surface area contributed by atoms with Crippen molar-refractivity contribution in [3.8, 4) is 17.2 Å². The standard InChI is InChI=1S/C21H24ClNO4/c1-13(2)21(15-4-7-18-19(11-15)26-9-8-25-18)23-20(24)12-27-16-5-6-17(22)14(3)10-16/h4-7,10-11,13,21H,8-9,12H2,1-3H3,(H,23,24)/t21-/m0/s1. The summed E-state index contributed by atoms with van der Waals surface area (Å²) in [7, 11) is 0. The van der Waals surface area contributed by atoms with Gasteiger partial charge in [-0.25, -0.2) is 0 Å². The molecule has 0 bridgehead atoms. The molecular weight excluding hydrogens is 366 g/mol. The van der Waals surface area contributed by atoms with Gasteiger partial charge in [0, 0.05) is 5.02 Å². The number of fused-ring (bicyclic) bond motifs is 1. The molecule has 1 amide bonds. The second kappa shape index (κ2) is 8.53. The Morgan fingerprint density at radius 3 is 2.59 bits per heavy atom. The number of aryl methyl sites for hydroxylation is 1. The summed E-state index contributed by atoms with van der Waals surface area (Å²) < 4.78 is 16.8. The molecule has 0 radical (unpaired) electrons. The van der Waals surface area contributed by atoms with E-state index in [0.717, 1.165) is 16.9 Å². The monoisotopic (exact) mass is 389 g/mol. The molecular formula is C21H24ClNO4. The highest BCUT2D eigenvalue weighted by atomic mass is 35.5. The van der Waals surface area contributed by atoms with Gasteiger partial charge < -0.3 is 19.5 Å². The Morgan fingerprint density at radius 1 is 1.15 bits per heavy atom. The van der Waals surface area contributed by atoms with Gasteiger partial charge in [-0.1, -0.05) is 31.5 Å². The summed E-state index contributed by atoms with van der Waals surface area (Å²) >= 11 is 6.01. The van der Waals surface area contributed by atoms with Crippen molar-refractivity contribution in [2.24, 2.45) is 5.92 Å². The Morgan fingerprint density at radius 2 is 1.89 bits per heavy atom. The molecule has 1 aliphatic rings. The zero-order chi connectivity index (χ0) is 19.4. The van der Waals surface area contributed by atoms with Crippen LogP contribution in [0.25, 0.3) is 0 Å². The highest BCUT2D eigenvalue weighted by molar-refractivity contribution is 6.31. The molecule has 2 aromatic carbocycles. The Balaban J connectivity index is 1.65. The summed E-state index contributed by atoms with van der Waals surface area (Å²) in [5.74, 6) is 2.09. The number of hydrogen-bond acceptors (Lipinski definition) is 4. The van der Waals surface area contributed by atoms with Crippen LogP contribution in [-0.4, -0.2) is 25.7 Å². The van der Waals surface area contributed by atoms with Crippen molar-refractivity contribution < 1.29 is 19.0 Å². The molecule has 0 saturated carbocycles. The van der Waals surface area contributed by atoms with E-state index in [1.165, 1.54) is 0 Å². The summed E-state index contributed by atoms with van der Waals surface area (Å²) in [6.45, 7) is 7.04. The lowest BCUT2D eigenvalue weighted by atomic mass is 9.95. The molecule has 0 aromatic heterocycles. The number of carbonyl (C=O) groups excluding carboxylic acids is 1. The fourth-order valence-corrected chi connectivity index (χ4v) is 3.08. The van der Waals surface area contributed by atoms with Crippen molar-refractivity contribution in [2.75, 3.05) is 19.8 Å². The van der Waals surface area contributed by atoms with Crippen LogP contribution in [0.3, 0.4) is 0 Å². The Bertz CT molecular complexity index is 822. The summed E-state index contributed by atoms with van der Waals surface area (Å²) in [6.07, 6.45) is 0. The van der Waals surface area contributed by atoms with Crippen LogP contribution in [0.5, 0.6) is 17.2 Å². The first-order chi connectivity index (χ1) is 12.9. The second-order valence-corrected chi connectivity index (χ2v) is 7.30. The van der Waals surface area contributed by atoms with Crippen molar-refractivity contribution in [1.29, 1.82) is 0 Å². The van der Waals surface area contributed by atoms with E-state index in [1.54, 1.807) is 12.1 Å². The van der Waals surface area contributed by atoms with Crippen LogP contribution < -0.4 is 19.5 Å². The average Bonchev–Trinajstić information content (AvgIpc) is 2.66. The molecule has 27 heavy (non-hydrogen) atoms. The van der Waals surface area contributed by atoms with E-state index >= 15 is 0 Å². The van der Waals surface area contributed by atoms with Crippen molar-refractivity contribution >= 4 is 17.5 Å². The number of ether oxygens (including phenoxy) is 3. The van der Waals surface area contributed by atoms with Gasteiger partial charge >= 0.3 is 0 Å². The van der Waals surface area contributed by atoms with E-state index in [1.807, 2.05) is 31.2 Å². The molecule has 1 heterocycles. The van der Waals surface area contributed by atoms with E-state index in [-0.39, 0.29) is 24.5 Å². The van der Waals surface area contributed by atoms with Gasteiger partial charge in [0.15, 0.2) is 18.1 Å². The lowest BCUT2D eigenvalue weighted by molar-refractivity contribution is -0.124. The number of hydrogen-bond donors (Lipinski definition) is 1. The predicted octanol–water partition coefficient (Wildman–Crippen LogP) is 4.31. The molecule has 0 fully saturated rings. The molecule has 1 N–H and O–H groups in total. The van der Waals surface area contributed by atoms with E-state index < -0.39 is 0 Å². The molecule has 144 valence electrons. The zero-order valence-electron chi connectivity index (χ0n) is 15.8. The minimum Gasteiger partial charge on any atom is -0.486 e. The maximum atomic E-state index is 12.4. The normalized spacial score (nSPS) is 14.0. The van der Waals surface area contributed by atoms with Crippen LogP contribution in [0.2, 0.25) is 5.02 Å². The third kappa shape index (κ3) is 4.86. The number of nitrogens with one attached hydrogen (secondary N) is 1. The van der Waals surface area contributed by atoms with Gasteiger partial charge in [-0.3, -0.25) is 4.79 Å². The van der Waals surface area contributed by atoms with Crippen LogP contribution in [0.1, 0.15) is 31.0 Å². The highest BCUT2D eigenvalue weighted by Crippen LogP contribution is 2.34. The second-order valence-electron chi connectivity index (χ2n) is 6.89. The summed E-state index contributed by atoms with van der Waals surface area (Å²) in [5, 5.41) is 3.72. The summed E-state index contributed by atoms with van der Waals surface area (Å²) in [6, 6.07) is 11.0. The van der Waals surface area contributed by atoms with E-state index in [2.05, 4.69) is 19.2 Å². The smallest absolute Gasteiger partial charge is 0.258 e. The van der Waals surface area contributed by atoms with Crippen molar-refractivity contribution in [2.45, 2.75) is 26.8 Å². The molecule has 0 aliphatic carbocycles. The molecule has 1 aliphatic heterocycles. The lowest BCUT2D eigenvalue weighted by Crippen LogP contribution is -2.35. The van der Waals surface area contributed by atoms with E-state index in [0.29, 0.717) is 29.7 Å². The quantitative estimate of drug-likeness (QED) is 0.799. The number of amides is 1. The van der Waals surface area contributed by atoms with Crippen molar-refractivity contribution in [3.05, 3.63) is 52.5 Å². The van der Waals surface area contributed by atoms with Gasteiger partial charge in [0.05, 0.1) is 6.04 Å². The fraction of sp³-hybridized carbons (Fsp3) is 0.381. The number of carbonyl (C=O) groups is 1. The zero-order valence-corrected chi connectivity index (χ0v) is 16.5. The van der Waals surface area contributed by atoms with Crippen LogP contribution >= 0.6 is 11.6 Å². The van der Waals surface area contributed by atoms with Gasteiger partial charge in [0.25, 0.3) is 5.91 Å². The lowest BCUT2D eigenvalue weighted by Gasteiger charge is -2.25. The Hall–Kier alpha value is -2.40. The minimum atomic E-state index is -0.184. The Labute approximate surface area is 164 Å². The first kappa shape index (κ1) is 19.4. The summed E-state index contributed by atoms with van der Waals surface area (Å²) in [5.41, 5.74) is 1.89. The molecule has 0 spiro atoms. The third-order valence-corrected chi connectivity index (χ3v) is 4.83. The van der Waals surface area contributed by atoms with Crippen LogP contribution in [0, 0.1) is 12.8 Å². The topological polar surface area (TPSA) is 56.8 Å². The molecule has 5 nitrogen and oxygen atoms in total. The molecule has 3 rings (SSSR count). The SMILES string of the molecule is Cc1cc(OCC(=O)N[C@H](c2ccc3c(c2)OCCO3)C(C)C)ccc1Cl. The largest absolute Gasteiger partial charge is 0.486 e.